The lowest BCUT2D eigenvalue weighted by atomic mass is 10.0. The summed E-state index contributed by atoms with van der Waals surface area (Å²) in [5, 5.41) is 6.08. The molecule has 3 aromatic rings. The molecule has 1 aromatic carbocycles. The monoisotopic (exact) mass is 353 g/mol. The maximum Gasteiger partial charge on any atom is 0.428 e. The van der Waals surface area contributed by atoms with E-state index in [9.17, 15) is 9.18 Å². The molecule has 1 aliphatic rings. The molecule has 0 fully saturated rings. The fourth-order valence-electron chi connectivity index (χ4n) is 2.96. The zero-order valence-corrected chi connectivity index (χ0v) is 14.0. The molecule has 1 amide bonds. The predicted molar refractivity (Wildman–Crippen MR) is 93.6 cm³/mol. The first-order valence-electron chi connectivity index (χ1n) is 8.06. The molecule has 8 heteroatoms. The Morgan fingerprint density at radius 3 is 2.54 bits per heavy atom. The summed E-state index contributed by atoms with van der Waals surface area (Å²) in [6.07, 6.45) is 2.91. The Kier molecular flexibility index (Phi) is 4.00. The molecule has 4 rings (SSSR count). The van der Waals surface area contributed by atoms with E-state index in [1.165, 1.54) is 24.3 Å². The lowest BCUT2D eigenvalue weighted by Gasteiger charge is -2.28. The summed E-state index contributed by atoms with van der Waals surface area (Å²) >= 11 is 0. The van der Waals surface area contributed by atoms with Crippen LogP contribution in [0.4, 0.5) is 15.0 Å². The van der Waals surface area contributed by atoms with Crippen molar-refractivity contribution in [3.05, 3.63) is 54.6 Å². The molecule has 0 spiro atoms. The average molecular weight is 353 g/mol. The highest BCUT2D eigenvalue weighted by molar-refractivity contribution is 5.89. The number of rotatable bonds is 2. The van der Waals surface area contributed by atoms with Gasteiger partial charge in [0.1, 0.15) is 11.5 Å². The van der Waals surface area contributed by atoms with Crippen molar-refractivity contribution >= 4 is 11.9 Å². The minimum absolute atomic E-state index is 0.307. The second-order valence-electron chi connectivity index (χ2n) is 5.77. The number of pyridine rings is 1. The third-order valence-electron chi connectivity index (χ3n) is 4.21. The molecule has 0 unspecified atom stereocenters. The normalized spacial score (nSPS) is 13.1. The predicted octanol–water partition coefficient (Wildman–Crippen LogP) is 3.16. The Bertz CT molecular complexity index is 940. The molecule has 0 radical (unpaired) electrons. The molecule has 2 aromatic heterocycles. The van der Waals surface area contributed by atoms with E-state index in [1.807, 2.05) is 12.1 Å². The summed E-state index contributed by atoms with van der Waals surface area (Å²) in [7, 11) is 1.34. The van der Waals surface area contributed by atoms with Crippen LogP contribution in [0.5, 0.6) is 0 Å². The third kappa shape index (κ3) is 2.75. The number of hydrogen-bond donors (Lipinski definition) is 1. The second kappa shape index (κ2) is 6.47. The fraction of sp³-hybridized carbons (Fsp3) is 0.167. The van der Waals surface area contributed by atoms with E-state index >= 15 is 0 Å². The molecule has 1 N–H and O–H groups in total. The van der Waals surface area contributed by atoms with Crippen LogP contribution in [0.15, 0.2) is 48.8 Å². The van der Waals surface area contributed by atoms with Gasteiger partial charge in [-0.25, -0.2) is 18.9 Å². The molecular formula is C18H16FN5O2. The Labute approximate surface area is 149 Å². The Morgan fingerprint density at radius 2 is 1.85 bits per heavy atom. The summed E-state index contributed by atoms with van der Waals surface area (Å²) < 4.78 is 19.9. The number of hydrazine groups is 1. The van der Waals surface area contributed by atoms with Crippen LogP contribution in [-0.4, -0.2) is 39.5 Å². The SMILES string of the molecule is COC(=O)N1CCn2nc(-c3ccc(F)cc3)c(-c3ccncc3)c2N1. The van der Waals surface area contributed by atoms with Crippen molar-refractivity contribution in [1.82, 2.24) is 19.8 Å². The van der Waals surface area contributed by atoms with Crippen molar-refractivity contribution in [3.8, 4) is 22.4 Å². The largest absolute Gasteiger partial charge is 0.452 e. The first kappa shape index (κ1) is 16.1. The van der Waals surface area contributed by atoms with E-state index in [-0.39, 0.29) is 5.82 Å². The number of nitrogens with zero attached hydrogens (tertiary/aromatic N) is 4. The molecule has 132 valence electrons. The first-order chi connectivity index (χ1) is 12.7. The standard InChI is InChI=1S/C18H16FN5O2/c1-26-18(25)24-11-10-23-17(22-24)15(12-6-8-20-9-7-12)16(21-23)13-2-4-14(19)5-3-13/h2-9,22H,10-11H2,1H3. The summed E-state index contributed by atoms with van der Waals surface area (Å²) in [4.78, 5) is 16.0. The van der Waals surface area contributed by atoms with Gasteiger partial charge < -0.3 is 4.74 Å². The van der Waals surface area contributed by atoms with Crippen molar-refractivity contribution in [2.24, 2.45) is 0 Å². The van der Waals surface area contributed by atoms with Crippen molar-refractivity contribution in [1.29, 1.82) is 0 Å². The second-order valence-corrected chi connectivity index (χ2v) is 5.77. The molecule has 0 saturated carbocycles. The number of ether oxygens (including phenoxy) is 1. The minimum atomic E-state index is -0.471. The highest BCUT2D eigenvalue weighted by Crippen LogP contribution is 2.38. The van der Waals surface area contributed by atoms with Gasteiger partial charge in [-0.15, -0.1) is 0 Å². The topological polar surface area (TPSA) is 72.3 Å². The smallest absolute Gasteiger partial charge is 0.428 e. The van der Waals surface area contributed by atoms with Gasteiger partial charge in [-0.3, -0.25) is 10.4 Å². The van der Waals surface area contributed by atoms with E-state index in [1.54, 1.807) is 29.2 Å². The fourth-order valence-corrected chi connectivity index (χ4v) is 2.96. The summed E-state index contributed by atoms with van der Waals surface area (Å²) in [6, 6.07) is 9.91. The Hall–Kier alpha value is -3.42. The zero-order valence-electron chi connectivity index (χ0n) is 14.0. The molecule has 0 aliphatic carbocycles. The van der Waals surface area contributed by atoms with E-state index < -0.39 is 6.09 Å². The molecule has 26 heavy (non-hydrogen) atoms. The van der Waals surface area contributed by atoms with Crippen LogP contribution in [0.1, 0.15) is 0 Å². The maximum atomic E-state index is 13.3. The van der Waals surface area contributed by atoms with Crippen LogP contribution in [0.2, 0.25) is 0 Å². The highest BCUT2D eigenvalue weighted by atomic mass is 19.1. The molecule has 3 heterocycles. The van der Waals surface area contributed by atoms with Gasteiger partial charge in [0.25, 0.3) is 0 Å². The number of fused-ring (bicyclic) bond motifs is 1. The van der Waals surface area contributed by atoms with Crippen LogP contribution in [0, 0.1) is 5.82 Å². The van der Waals surface area contributed by atoms with Crippen molar-refractivity contribution in [2.75, 3.05) is 19.1 Å². The Balaban J connectivity index is 1.87. The summed E-state index contributed by atoms with van der Waals surface area (Å²) in [5.41, 5.74) is 6.27. The number of halogens is 1. The van der Waals surface area contributed by atoms with E-state index in [0.29, 0.717) is 24.6 Å². The lowest BCUT2D eigenvalue weighted by Crippen LogP contribution is -2.43. The van der Waals surface area contributed by atoms with E-state index in [2.05, 4.69) is 15.5 Å². The molecule has 1 aliphatic heterocycles. The number of nitrogens with one attached hydrogen (secondary N) is 1. The van der Waals surface area contributed by atoms with Crippen LogP contribution >= 0.6 is 0 Å². The third-order valence-corrected chi connectivity index (χ3v) is 4.21. The number of anilines is 1. The van der Waals surface area contributed by atoms with Gasteiger partial charge in [0, 0.05) is 18.0 Å². The van der Waals surface area contributed by atoms with Gasteiger partial charge in [-0.1, -0.05) is 0 Å². The molecule has 7 nitrogen and oxygen atoms in total. The number of hydrogen-bond acceptors (Lipinski definition) is 5. The van der Waals surface area contributed by atoms with Gasteiger partial charge in [0.15, 0.2) is 5.82 Å². The number of methoxy groups -OCH3 is 1. The first-order valence-corrected chi connectivity index (χ1v) is 8.06. The number of carbonyl (C=O) groups is 1. The summed E-state index contributed by atoms with van der Waals surface area (Å²) in [5.74, 6) is 0.366. The lowest BCUT2D eigenvalue weighted by molar-refractivity contribution is 0.127. The number of carbonyl (C=O) groups excluding carboxylic acids is 1. The van der Waals surface area contributed by atoms with Gasteiger partial charge in [0.05, 0.1) is 25.8 Å². The zero-order chi connectivity index (χ0) is 18.1. The van der Waals surface area contributed by atoms with Crippen molar-refractivity contribution < 1.29 is 13.9 Å². The molecule has 0 bridgehead atoms. The van der Waals surface area contributed by atoms with Crippen LogP contribution < -0.4 is 5.43 Å². The molecular weight excluding hydrogens is 337 g/mol. The van der Waals surface area contributed by atoms with Gasteiger partial charge in [-0.2, -0.15) is 5.10 Å². The van der Waals surface area contributed by atoms with E-state index in [0.717, 1.165) is 16.7 Å². The molecule has 0 saturated heterocycles. The quantitative estimate of drug-likeness (QED) is 0.766. The number of benzene rings is 1. The summed E-state index contributed by atoms with van der Waals surface area (Å²) in [6.45, 7) is 0.927. The van der Waals surface area contributed by atoms with E-state index in [4.69, 9.17) is 4.74 Å². The van der Waals surface area contributed by atoms with Crippen LogP contribution in [0.3, 0.4) is 0 Å². The van der Waals surface area contributed by atoms with Crippen LogP contribution in [0.25, 0.3) is 22.4 Å². The minimum Gasteiger partial charge on any atom is -0.452 e. The Morgan fingerprint density at radius 1 is 1.12 bits per heavy atom. The highest BCUT2D eigenvalue weighted by Gasteiger charge is 2.28. The van der Waals surface area contributed by atoms with Crippen LogP contribution in [-0.2, 0) is 11.3 Å². The van der Waals surface area contributed by atoms with Gasteiger partial charge in [0.2, 0.25) is 0 Å². The van der Waals surface area contributed by atoms with Crippen molar-refractivity contribution in [2.45, 2.75) is 6.54 Å². The van der Waals surface area contributed by atoms with Crippen molar-refractivity contribution in [3.63, 3.8) is 0 Å². The van der Waals surface area contributed by atoms with Gasteiger partial charge >= 0.3 is 6.09 Å². The number of aromatic nitrogens is 3. The average Bonchev–Trinajstić information content (AvgIpc) is 3.07. The molecule has 0 atom stereocenters. The number of amides is 1. The maximum absolute atomic E-state index is 13.3. The van der Waals surface area contributed by atoms with Gasteiger partial charge in [-0.05, 0) is 42.0 Å².